The predicted molar refractivity (Wildman–Crippen MR) is 61.2 cm³/mol. The van der Waals surface area contributed by atoms with E-state index in [0.29, 0.717) is 6.41 Å². The Labute approximate surface area is 103 Å². The number of rotatable bonds is 9. The zero-order valence-electron chi connectivity index (χ0n) is 9.01. The highest BCUT2D eigenvalue weighted by molar-refractivity contribution is 8.00. The quantitative estimate of drug-likeness (QED) is 0.359. The molecule has 0 saturated heterocycles. The molecule has 17 heavy (non-hydrogen) atoms. The Morgan fingerprint density at radius 2 is 2.24 bits per heavy atom. The molecule has 8 heteroatoms. The lowest BCUT2D eigenvalue weighted by Gasteiger charge is -2.10. The van der Waals surface area contributed by atoms with Crippen LogP contribution in [0.3, 0.4) is 0 Å². The van der Waals surface area contributed by atoms with Gasteiger partial charge in [0.1, 0.15) is 6.04 Å². The van der Waals surface area contributed by atoms with Gasteiger partial charge in [-0.3, -0.25) is 9.59 Å². The fourth-order valence-electron chi connectivity index (χ4n) is 0.851. The maximum atomic E-state index is 11.1. The molecule has 94 valence electrons. The summed E-state index contributed by atoms with van der Waals surface area (Å²) in [4.78, 5) is 31.9. The number of hydrogen-bond acceptors (Lipinski definition) is 5. The van der Waals surface area contributed by atoms with Gasteiger partial charge in [0.15, 0.2) is 0 Å². The first kappa shape index (κ1) is 15.2. The molecule has 0 aliphatic rings. The van der Waals surface area contributed by atoms with Gasteiger partial charge >= 0.3 is 5.97 Å². The summed E-state index contributed by atoms with van der Waals surface area (Å²) in [6, 6.07) is 0.885. The van der Waals surface area contributed by atoms with Crippen LogP contribution in [0.1, 0.15) is 6.42 Å². The molecule has 3 N–H and O–H groups in total. The molecule has 0 saturated carbocycles. The van der Waals surface area contributed by atoms with Crippen molar-refractivity contribution in [3.05, 3.63) is 0 Å². The van der Waals surface area contributed by atoms with Crippen LogP contribution in [0, 0.1) is 11.3 Å². The van der Waals surface area contributed by atoms with Gasteiger partial charge in [0.25, 0.3) is 0 Å². The minimum atomic E-state index is -1.14. The Hall–Kier alpha value is -1.75. The zero-order chi connectivity index (χ0) is 13.1. The number of carbonyl (C=O) groups excluding carboxylic acids is 2. The molecule has 1 unspecified atom stereocenters. The first-order valence-corrected chi connectivity index (χ1v) is 5.91. The Balaban J connectivity index is 3.73. The minimum Gasteiger partial charge on any atom is -0.480 e. The van der Waals surface area contributed by atoms with Gasteiger partial charge in [-0.25, -0.2) is 4.79 Å². The molecule has 0 aliphatic heterocycles. The number of carboxylic acids is 1. The van der Waals surface area contributed by atoms with Gasteiger partial charge < -0.3 is 15.7 Å². The topological polar surface area (TPSA) is 119 Å². The molecule has 0 aromatic heterocycles. The van der Waals surface area contributed by atoms with E-state index in [-0.39, 0.29) is 30.4 Å². The number of thioether (sulfide) groups is 1. The summed E-state index contributed by atoms with van der Waals surface area (Å²) in [5.74, 6) is -1.20. The van der Waals surface area contributed by atoms with E-state index in [0.717, 1.165) is 11.8 Å². The Morgan fingerprint density at radius 3 is 2.76 bits per heavy atom. The summed E-state index contributed by atoms with van der Waals surface area (Å²) in [5.41, 5.74) is 0. The average Bonchev–Trinajstić information content (AvgIpc) is 2.28. The summed E-state index contributed by atoms with van der Waals surface area (Å²) in [7, 11) is 0. The van der Waals surface area contributed by atoms with Gasteiger partial charge in [0.05, 0.1) is 18.2 Å². The van der Waals surface area contributed by atoms with E-state index in [9.17, 15) is 14.4 Å². The number of nitriles is 1. The van der Waals surface area contributed by atoms with Gasteiger partial charge in [-0.15, -0.1) is 11.8 Å². The SMILES string of the molecule is N#CCCNC(=O)CSCC(NC=O)C(=O)O. The molecular weight excluding hydrogens is 246 g/mol. The molecule has 7 nitrogen and oxygen atoms in total. The summed E-state index contributed by atoms with van der Waals surface area (Å²) in [5, 5.41) is 21.5. The van der Waals surface area contributed by atoms with E-state index < -0.39 is 12.0 Å². The number of nitrogens with zero attached hydrogens (tertiary/aromatic N) is 1. The molecule has 0 bridgehead atoms. The third kappa shape index (κ3) is 8.10. The molecule has 0 heterocycles. The first-order chi connectivity index (χ1) is 8.11. The molecule has 1 atom stereocenters. The normalized spacial score (nSPS) is 11.0. The van der Waals surface area contributed by atoms with Crippen LogP contribution in [0.15, 0.2) is 0 Å². The largest absolute Gasteiger partial charge is 0.480 e. The van der Waals surface area contributed by atoms with Gasteiger partial charge in [-0.05, 0) is 0 Å². The van der Waals surface area contributed by atoms with Crippen LogP contribution in [0.4, 0.5) is 0 Å². The van der Waals surface area contributed by atoms with Crippen molar-refractivity contribution in [1.29, 1.82) is 5.26 Å². The first-order valence-electron chi connectivity index (χ1n) is 4.75. The second-order valence-electron chi connectivity index (χ2n) is 2.95. The van der Waals surface area contributed by atoms with Crippen molar-refractivity contribution in [2.45, 2.75) is 12.5 Å². The number of amides is 2. The highest BCUT2D eigenvalue weighted by Gasteiger charge is 2.16. The van der Waals surface area contributed by atoms with Crippen molar-refractivity contribution in [3.8, 4) is 6.07 Å². The predicted octanol–water partition coefficient (Wildman–Crippen LogP) is -1.05. The van der Waals surface area contributed by atoms with Gasteiger partial charge in [0, 0.05) is 12.3 Å². The number of aliphatic carboxylic acids is 1. The summed E-state index contributed by atoms with van der Waals surface area (Å²) >= 11 is 1.10. The standard InChI is InChI=1S/C9H13N3O4S/c10-2-1-3-11-8(14)5-17-4-7(9(15)16)12-6-13/h6-7H,1,3-5H2,(H,11,14)(H,12,13)(H,15,16). The molecular formula is C9H13N3O4S. The molecule has 2 amide bonds. The van der Waals surface area contributed by atoms with Gasteiger partial charge in [0.2, 0.25) is 12.3 Å². The number of carbonyl (C=O) groups is 3. The van der Waals surface area contributed by atoms with E-state index in [1.54, 1.807) is 0 Å². The van der Waals surface area contributed by atoms with Crippen LogP contribution in [0.5, 0.6) is 0 Å². The number of hydrogen-bond donors (Lipinski definition) is 3. The lowest BCUT2D eigenvalue weighted by molar-refractivity contribution is -0.139. The van der Waals surface area contributed by atoms with Crippen LogP contribution in [-0.4, -0.2) is 47.5 Å². The maximum Gasteiger partial charge on any atom is 0.327 e. The zero-order valence-corrected chi connectivity index (χ0v) is 9.83. The third-order valence-corrected chi connectivity index (χ3v) is 2.68. The highest BCUT2D eigenvalue weighted by atomic mass is 32.2. The Kier molecular flexibility index (Phi) is 8.50. The van der Waals surface area contributed by atoms with Crippen LogP contribution >= 0.6 is 11.8 Å². The fraction of sp³-hybridized carbons (Fsp3) is 0.556. The summed E-state index contributed by atoms with van der Waals surface area (Å²) < 4.78 is 0. The van der Waals surface area contributed by atoms with Crippen molar-refractivity contribution in [3.63, 3.8) is 0 Å². The maximum absolute atomic E-state index is 11.1. The molecule has 0 spiro atoms. The summed E-state index contributed by atoms with van der Waals surface area (Å²) in [6.07, 6.45) is 0.549. The molecule has 0 aliphatic carbocycles. The molecule has 0 aromatic carbocycles. The van der Waals surface area contributed by atoms with Gasteiger partial charge in [-0.1, -0.05) is 0 Å². The van der Waals surface area contributed by atoms with Crippen molar-refractivity contribution < 1.29 is 19.5 Å². The highest BCUT2D eigenvalue weighted by Crippen LogP contribution is 2.02. The third-order valence-electron chi connectivity index (χ3n) is 1.64. The van der Waals surface area contributed by atoms with Gasteiger partial charge in [-0.2, -0.15) is 5.26 Å². The minimum absolute atomic E-state index is 0.0930. The second kappa shape index (κ2) is 9.47. The van der Waals surface area contributed by atoms with E-state index in [2.05, 4.69) is 10.6 Å². The van der Waals surface area contributed by atoms with Crippen LogP contribution in [0.25, 0.3) is 0 Å². The van der Waals surface area contributed by atoms with Crippen LogP contribution < -0.4 is 10.6 Å². The summed E-state index contributed by atoms with van der Waals surface area (Å²) in [6.45, 7) is 0.283. The Bertz CT molecular complexity index is 316. The lowest BCUT2D eigenvalue weighted by atomic mass is 10.3. The monoisotopic (exact) mass is 259 g/mol. The smallest absolute Gasteiger partial charge is 0.327 e. The second-order valence-corrected chi connectivity index (χ2v) is 3.98. The number of nitrogens with one attached hydrogen (secondary N) is 2. The molecule has 0 fully saturated rings. The average molecular weight is 259 g/mol. The van der Waals surface area contributed by atoms with Crippen LogP contribution in [0.2, 0.25) is 0 Å². The van der Waals surface area contributed by atoms with Crippen molar-refractivity contribution in [2.75, 3.05) is 18.1 Å². The molecule has 0 radical (unpaired) electrons. The van der Waals surface area contributed by atoms with Crippen molar-refractivity contribution in [1.82, 2.24) is 10.6 Å². The van der Waals surface area contributed by atoms with E-state index in [1.165, 1.54) is 0 Å². The van der Waals surface area contributed by atoms with Crippen molar-refractivity contribution >= 4 is 30.0 Å². The van der Waals surface area contributed by atoms with E-state index in [1.807, 2.05) is 6.07 Å². The van der Waals surface area contributed by atoms with Crippen molar-refractivity contribution in [2.24, 2.45) is 0 Å². The molecule has 0 rings (SSSR count). The Morgan fingerprint density at radius 1 is 1.53 bits per heavy atom. The lowest BCUT2D eigenvalue weighted by Crippen LogP contribution is -2.38. The van der Waals surface area contributed by atoms with Crippen LogP contribution in [-0.2, 0) is 14.4 Å². The molecule has 0 aromatic rings. The van der Waals surface area contributed by atoms with E-state index in [4.69, 9.17) is 10.4 Å². The van der Waals surface area contributed by atoms with E-state index >= 15 is 0 Å². The fourth-order valence-corrected chi connectivity index (χ4v) is 1.73. The number of carboxylic acid groups (broad SMARTS) is 1.